The highest BCUT2D eigenvalue weighted by atomic mass is 79.9. The van der Waals surface area contributed by atoms with Crippen LogP contribution in [0.5, 0.6) is 0 Å². The van der Waals surface area contributed by atoms with E-state index in [0.29, 0.717) is 39.3 Å². The minimum absolute atomic E-state index is 0.267. The molecule has 8 rings (SSSR count). The van der Waals surface area contributed by atoms with Crippen molar-refractivity contribution in [2.75, 3.05) is 5.73 Å². The van der Waals surface area contributed by atoms with Crippen LogP contribution in [0.2, 0.25) is 0 Å². The van der Waals surface area contributed by atoms with Gasteiger partial charge in [-0.05, 0) is 228 Å². The Kier molecular flexibility index (Phi) is 25.2. The molecule has 4 aromatic carbocycles. The van der Waals surface area contributed by atoms with E-state index >= 15 is 0 Å². The Morgan fingerprint density at radius 2 is 0.860 bits per heavy atom. The van der Waals surface area contributed by atoms with Crippen molar-refractivity contribution in [1.29, 1.82) is 0 Å². The fraction of sp³-hybridized carbons (Fsp3) is 0.294. The summed E-state index contributed by atoms with van der Waals surface area (Å²) in [6.07, 6.45) is 4.96. The highest BCUT2D eigenvalue weighted by Crippen LogP contribution is 2.26. The molecule has 8 aromatic rings. The Hall–Kier alpha value is -8.58. The first-order chi connectivity index (χ1) is 40.0. The van der Waals surface area contributed by atoms with E-state index in [1.165, 1.54) is 23.9 Å². The van der Waals surface area contributed by atoms with Gasteiger partial charge in [0.2, 0.25) is 5.69 Å². The second-order valence-corrected chi connectivity index (χ2v) is 24.5. The standard InChI is InChI=1S/C17H20N2O2.C17H19NO3.C17H19NO2.C11H15BO4.C6H6BrN/c1-11-8-9-14(18)19-15(11)12-6-5-7-13(10-12)16(20)21-17(2,3)4;1-12-7-6-10-18(20)15(12)13-8-5-9-14(11-13)16(19)21-17(2,3)4;1-12-7-6-10-18-15(12)13-8-5-9-14(11-13)16(19)20-17(2,3)4;1-11(2,3)16-10(13)8-5-4-6-9(7-8)12(14)15;1-5-3-2-4-8-6(5)7/h5-10H,1-4H3,(H2,18,19);5-11H,1-4H3;5-11H,1-4H3;4-7,14-15H,1-3H3;2-4H,1H3. The molecule has 0 unspecified atom stereocenters. The van der Waals surface area contributed by atoms with Gasteiger partial charge in [-0.2, -0.15) is 4.73 Å². The summed E-state index contributed by atoms with van der Waals surface area (Å²) in [7, 11) is -1.58. The second kappa shape index (κ2) is 31.0. The van der Waals surface area contributed by atoms with Gasteiger partial charge < -0.3 is 39.9 Å². The number of aromatic nitrogens is 4. The van der Waals surface area contributed by atoms with Gasteiger partial charge in [0.15, 0.2) is 6.20 Å². The van der Waals surface area contributed by atoms with E-state index in [2.05, 4.69) is 30.9 Å². The van der Waals surface area contributed by atoms with Crippen molar-refractivity contribution in [2.45, 2.75) is 133 Å². The smallest absolute Gasteiger partial charge is 0.488 e. The molecule has 0 aliphatic heterocycles. The highest BCUT2D eigenvalue weighted by Gasteiger charge is 2.23. The molecule has 0 spiro atoms. The molecule has 0 aliphatic rings. The summed E-state index contributed by atoms with van der Waals surface area (Å²) < 4.78 is 23.0. The van der Waals surface area contributed by atoms with Crippen molar-refractivity contribution in [3.63, 3.8) is 0 Å². The summed E-state index contributed by atoms with van der Waals surface area (Å²) in [6.45, 7) is 29.7. The first-order valence-corrected chi connectivity index (χ1v) is 28.4. The van der Waals surface area contributed by atoms with Gasteiger partial charge in [0.05, 0.1) is 33.6 Å². The van der Waals surface area contributed by atoms with Crippen LogP contribution in [-0.4, -0.2) is 78.4 Å². The lowest BCUT2D eigenvalue weighted by Gasteiger charge is -2.19. The van der Waals surface area contributed by atoms with Crippen LogP contribution in [0.25, 0.3) is 33.8 Å². The molecule has 452 valence electrons. The van der Waals surface area contributed by atoms with Crippen molar-refractivity contribution in [3.05, 3.63) is 219 Å². The molecule has 18 heteroatoms. The lowest BCUT2D eigenvalue weighted by molar-refractivity contribution is -0.594. The number of hydrogen-bond acceptors (Lipinski definition) is 15. The lowest BCUT2D eigenvalue weighted by Crippen LogP contribution is -2.31. The number of ether oxygens (including phenoxy) is 4. The average Bonchev–Trinajstić information content (AvgIpc) is 1.84. The molecule has 0 atom stereocenters. The van der Waals surface area contributed by atoms with E-state index in [4.69, 9.17) is 34.7 Å². The second-order valence-electron chi connectivity index (χ2n) is 23.8. The average molecular weight is 1230 g/mol. The number of nitrogen functional groups attached to an aromatic ring is 1. The normalized spacial score (nSPS) is 11.0. The van der Waals surface area contributed by atoms with Gasteiger partial charge in [-0.25, -0.2) is 29.1 Å². The van der Waals surface area contributed by atoms with Gasteiger partial charge in [-0.15, -0.1) is 0 Å². The minimum atomic E-state index is -1.58. The van der Waals surface area contributed by atoms with Crippen LogP contribution < -0.4 is 15.9 Å². The zero-order valence-corrected chi connectivity index (χ0v) is 53.6. The maximum Gasteiger partial charge on any atom is 0.488 e. The van der Waals surface area contributed by atoms with Crippen molar-refractivity contribution < 1.29 is 52.9 Å². The number of anilines is 1. The third-order valence-corrected chi connectivity index (χ3v) is 12.2. The Morgan fingerprint density at radius 3 is 1.27 bits per heavy atom. The van der Waals surface area contributed by atoms with E-state index in [1.54, 1.807) is 93.8 Å². The highest BCUT2D eigenvalue weighted by molar-refractivity contribution is 9.10. The fourth-order valence-corrected chi connectivity index (χ4v) is 7.84. The minimum Gasteiger partial charge on any atom is -0.618 e. The lowest BCUT2D eigenvalue weighted by atomic mass is 9.80. The topological polar surface area (TPSA) is 237 Å². The number of nitrogens with two attached hydrogens (primary N) is 1. The Labute approximate surface area is 514 Å². The number of nitrogens with zero attached hydrogens (tertiary/aromatic N) is 4. The summed E-state index contributed by atoms with van der Waals surface area (Å²) in [4.78, 5) is 60.7. The van der Waals surface area contributed by atoms with Gasteiger partial charge in [0.1, 0.15) is 32.8 Å². The molecular formula is C68H79BBrN5O11. The van der Waals surface area contributed by atoms with Gasteiger partial charge in [-0.3, -0.25) is 4.98 Å². The predicted molar refractivity (Wildman–Crippen MR) is 342 cm³/mol. The predicted octanol–water partition coefficient (Wildman–Crippen LogP) is 13.3. The Morgan fingerprint density at radius 1 is 0.477 bits per heavy atom. The van der Waals surface area contributed by atoms with Gasteiger partial charge in [-0.1, -0.05) is 60.7 Å². The summed E-state index contributed by atoms with van der Waals surface area (Å²) in [5, 5.41) is 29.9. The van der Waals surface area contributed by atoms with E-state index in [1.807, 2.05) is 163 Å². The number of halogens is 1. The van der Waals surface area contributed by atoms with Crippen molar-refractivity contribution in [3.8, 4) is 33.8 Å². The molecule has 4 aromatic heterocycles. The van der Waals surface area contributed by atoms with Crippen LogP contribution in [0.15, 0.2) is 169 Å². The monoisotopic (exact) mass is 1230 g/mol. The molecule has 16 nitrogen and oxygen atoms in total. The molecule has 0 saturated carbocycles. The summed E-state index contributed by atoms with van der Waals surface area (Å²) >= 11 is 3.28. The summed E-state index contributed by atoms with van der Waals surface area (Å²) in [5.41, 5.74) is 14.5. The molecule has 0 radical (unpaired) electrons. The van der Waals surface area contributed by atoms with E-state index in [9.17, 15) is 24.4 Å². The Balaban J connectivity index is 0.000000236. The Bertz CT molecular complexity index is 3560. The molecule has 0 amide bonds. The molecule has 4 heterocycles. The molecule has 0 saturated heterocycles. The van der Waals surface area contributed by atoms with Crippen molar-refractivity contribution in [2.24, 2.45) is 0 Å². The number of benzene rings is 4. The van der Waals surface area contributed by atoms with Gasteiger partial charge in [0, 0.05) is 40.7 Å². The quantitative estimate of drug-likeness (QED) is 0.0320. The summed E-state index contributed by atoms with van der Waals surface area (Å²) in [6, 6.07) is 42.7. The van der Waals surface area contributed by atoms with Gasteiger partial charge in [0.25, 0.3) is 0 Å². The van der Waals surface area contributed by atoms with Crippen LogP contribution in [0, 0.1) is 32.9 Å². The molecule has 86 heavy (non-hydrogen) atoms. The van der Waals surface area contributed by atoms with Crippen molar-refractivity contribution in [1.82, 2.24) is 15.0 Å². The third-order valence-electron chi connectivity index (χ3n) is 11.4. The van der Waals surface area contributed by atoms with Crippen LogP contribution in [0.3, 0.4) is 0 Å². The maximum absolute atomic E-state index is 12.1. The first kappa shape index (κ1) is 69.9. The fourth-order valence-electron chi connectivity index (χ4n) is 7.59. The number of pyridine rings is 4. The zero-order valence-electron chi connectivity index (χ0n) is 52.0. The van der Waals surface area contributed by atoms with Crippen molar-refractivity contribution >= 4 is 58.2 Å². The number of carbonyl (C=O) groups excluding carboxylic acids is 4. The number of esters is 4. The number of aryl methyl sites for hydroxylation is 4. The molecular weight excluding hydrogens is 1150 g/mol. The number of rotatable bonds is 8. The maximum atomic E-state index is 12.1. The van der Waals surface area contributed by atoms with E-state index in [0.717, 1.165) is 48.5 Å². The SMILES string of the molecule is CC(C)(C)OC(=O)c1cccc(B(O)O)c1.Cc1ccc(N)nc1-c1cccc(C(=O)OC(C)(C)C)c1.Cc1ccc[n+]([O-])c1-c1cccc(C(=O)OC(C)(C)C)c1.Cc1cccnc1-c1cccc(C(=O)OC(C)(C)C)c1.Cc1cccnc1Br. The molecule has 0 aliphatic carbocycles. The first-order valence-electron chi connectivity index (χ1n) is 27.6. The molecule has 4 N–H and O–H groups in total. The number of carbonyl (C=O) groups is 4. The van der Waals surface area contributed by atoms with Gasteiger partial charge >= 0.3 is 31.0 Å². The molecule has 0 bridgehead atoms. The van der Waals surface area contributed by atoms with Crippen LogP contribution in [0.4, 0.5) is 5.82 Å². The largest absolute Gasteiger partial charge is 0.618 e. The van der Waals surface area contributed by atoms with E-state index < -0.39 is 41.5 Å². The third kappa shape index (κ3) is 23.8. The van der Waals surface area contributed by atoms with E-state index in [-0.39, 0.29) is 17.4 Å². The summed E-state index contributed by atoms with van der Waals surface area (Å²) in [5.74, 6) is -1.07. The molecule has 0 fully saturated rings. The van der Waals surface area contributed by atoms with Crippen LogP contribution >= 0.6 is 15.9 Å². The number of hydrogen-bond donors (Lipinski definition) is 3. The van der Waals surface area contributed by atoms with Crippen LogP contribution in [-0.2, 0) is 18.9 Å². The van der Waals surface area contributed by atoms with Crippen LogP contribution in [0.1, 0.15) is 147 Å². The zero-order chi connectivity index (χ0) is 64.3.